The first-order chi connectivity index (χ1) is 19.3. The summed E-state index contributed by atoms with van der Waals surface area (Å²) in [5.74, 6) is -3.78. The number of rotatable bonds is 16. The monoisotopic (exact) mass is 573 g/mol. The van der Waals surface area contributed by atoms with Gasteiger partial charge in [-0.3, -0.25) is 24.0 Å². The van der Waals surface area contributed by atoms with E-state index in [1.807, 2.05) is 24.3 Å². The van der Waals surface area contributed by atoms with Gasteiger partial charge in [-0.15, -0.1) is 0 Å². The van der Waals surface area contributed by atoms with Crippen LogP contribution in [0.25, 0.3) is 10.9 Å². The van der Waals surface area contributed by atoms with E-state index in [9.17, 15) is 24.0 Å². The van der Waals surface area contributed by atoms with E-state index in [0.29, 0.717) is 19.4 Å². The predicted molar refractivity (Wildman–Crippen MR) is 154 cm³/mol. The second-order valence-corrected chi connectivity index (χ2v) is 10.5. The molecule has 13 heteroatoms. The highest BCUT2D eigenvalue weighted by Gasteiger charge is 2.31. The van der Waals surface area contributed by atoms with Gasteiger partial charge in [0.25, 0.3) is 0 Å². The van der Waals surface area contributed by atoms with Gasteiger partial charge in [0.05, 0.1) is 6.04 Å². The molecule has 13 nitrogen and oxygen atoms in total. The summed E-state index contributed by atoms with van der Waals surface area (Å²) in [7, 11) is 0. The predicted octanol–water partition coefficient (Wildman–Crippen LogP) is -0.114. The molecule has 0 saturated carbocycles. The first-order valence-electron chi connectivity index (χ1n) is 13.8. The van der Waals surface area contributed by atoms with Crippen molar-refractivity contribution in [3.8, 4) is 0 Å². The molecular weight excluding hydrogens is 530 g/mol. The van der Waals surface area contributed by atoms with Crippen molar-refractivity contribution < 1.29 is 29.1 Å². The number of hydrogen-bond acceptors (Lipinski definition) is 7. The lowest BCUT2D eigenvalue weighted by molar-refractivity contribution is -0.141. The third kappa shape index (κ3) is 9.87. The van der Waals surface area contributed by atoms with Crippen LogP contribution in [0.3, 0.4) is 0 Å². The third-order valence-corrected chi connectivity index (χ3v) is 6.81. The first kappa shape index (κ1) is 33.2. The molecule has 0 aliphatic carbocycles. The number of aromatic amines is 1. The summed E-state index contributed by atoms with van der Waals surface area (Å²) >= 11 is 0. The number of carbonyl (C=O) groups excluding carboxylic acids is 4. The molecule has 226 valence electrons. The van der Waals surface area contributed by atoms with E-state index in [1.54, 1.807) is 20.0 Å². The van der Waals surface area contributed by atoms with Crippen LogP contribution in [-0.2, 0) is 30.4 Å². The average molecular weight is 574 g/mol. The maximum atomic E-state index is 13.5. The third-order valence-electron chi connectivity index (χ3n) is 6.81. The molecular formula is C28H43N7O6. The standard InChI is InChI=1S/C28H43N7O6/c1-15(2)23(30)27(39)34-21(11-7-8-12-29)25(37)35-22(13-18-14-31-20-10-6-5-9-19(18)20)26(38)32-16(3)24(36)33-17(4)28(40)41/h5-6,9-10,14-17,21-23,31H,7-8,11-13,29-30H2,1-4H3,(H,32,38)(H,33,36)(H,34,39)(H,35,37)(H,40,41)/t16-,17-,21-,22-,23-/m0/s1. The van der Waals surface area contributed by atoms with Gasteiger partial charge in [-0.1, -0.05) is 32.0 Å². The fourth-order valence-corrected chi connectivity index (χ4v) is 4.11. The molecule has 4 amide bonds. The molecule has 0 aliphatic heterocycles. The number of carbonyl (C=O) groups is 5. The number of nitrogens with two attached hydrogens (primary N) is 2. The molecule has 0 unspecified atom stereocenters. The van der Waals surface area contributed by atoms with Crippen LogP contribution in [0.1, 0.15) is 52.5 Å². The molecule has 0 fully saturated rings. The van der Waals surface area contributed by atoms with Gasteiger partial charge in [0, 0.05) is 23.5 Å². The van der Waals surface area contributed by atoms with E-state index in [1.165, 1.54) is 13.8 Å². The Kier molecular flexibility index (Phi) is 12.7. The van der Waals surface area contributed by atoms with E-state index in [2.05, 4.69) is 26.3 Å². The van der Waals surface area contributed by atoms with Crippen LogP contribution in [-0.4, -0.2) is 76.4 Å². The number of carboxylic acids is 1. The summed E-state index contributed by atoms with van der Waals surface area (Å²) in [6.45, 7) is 6.72. The Morgan fingerprint density at radius 1 is 0.829 bits per heavy atom. The lowest BCUT2D eigenvalue weighted by atomic mass is 10.0. The molecule has 0 aliphatic rings. The molecule has 41 heavy (non-hydrogen) atoms. The van der Waals surface area contributed by atoms with E-state index in [-0.39, 0.29) is 18.8 Å². The number of nitrogens with one attached hydrogen (secondary N) is 5. The summed E-state index contributed by atoms with van der Waals surface area (Å²) in [6, 6.07) is 2.32. The Balaban J connectivity index is 2.29. The van der Waals surface area contributed by atoms with Crippen LogP contribution >= 0.6 is 0 Å². The van der Waals surface area contributed by atoms with E-state index < -0.39 is 59.8 Å². The zero-order valence-corrected chi connectivity index (χ0v) is 24.0. The van der Waals surface area contributed by atoms with Crippen molar-refractivity contribution in [3.63, 3.8) is 0 Å². The normalized spacial score (nSPS) is 14.9. The number of amides is 4. The Bertz CT molecular complexity index is 1210. The zero-order valence-electron chi connectivity index (χ0n) is 24.0. The van der Waals surface area contributed by atoms with Crippen LogP contribution in [0.4, 0.5) is 0 Å². The van der Waals surface area contributed by atoms with Gasteiger partial charge in [0.1, 0.15) is 24.2 Å². The van der Waals surface area contributed by atoms with E-state index >= 15 is 0 Å². The molecule has 0 saturated heterocycles. The fraction of sp³-hybridized carbons (Fsp3) is 0.536. The van der Waals surface area contributed by atoms with Crippen molar-refractivity contribution in [1.82, 2.24) is 26.3 Å². The minimum atomic E-state index is -1.22. The van der Waals surface area contributed by atoms with Gasteiger partial charge in [0.15, 0.2) is 0 Å². The smallest absolute Gasteiger partial charge is 0.325 e. The van der Waals surface area contributed by atoms with E-state index in [4.69, 9.17) is 16.6 Å². The summed E-state index contributed by atoms with van der Waals surface area (Å²) in [4.78, 5) is 66.3. The number of aliphatic carboxylic acids is 1. The lowest BCUT2D eigenvalue weighted by Gasteiger charge is -2.26. The Hall–Kier alpha value is -3.97. The van der Waals surface area contributed by atoms with E-state index in [0.717, 1.165) is 16.5 Å². The molecule has 1 heterocycles. The minimum Gasteiger partial charge on any atom is -0.480 e. The summed E-state index contributed by atoms with van der Waals surface area (Å²) < 4.78 is 0. The summed E-state index contributed by atoms with van der Waals surface area (Å²) in [6.07, 6.45) is 3.30. The number of fused-ring (bicyclic) bond motifs is 1. The van der Waals surface area contributed by atoms with Crippen molar-refractivity contribution in [3.05, 3.63) is 36.0 Å². The molecule has 2 aromatic rings. The van der Waals surface area contributed by atoms with Gasteiger partial charge < -0.3 is 42.8 Å². The van der Waals surface area contributed by atoms with Crippen LogP contribution in [0.2, 0.25) is 0 Å². The van der Waals surface area contributed by atoms with Crippen molar-refractivity contribution in [2.45, 2.75) is 83.6 Å². The molecule has 0 bridgehead atoms. The number of para-hydroxylation sites is 1. The minimum absolute atomic E-state index is 0.0798. The van der Waals surface area contributed by atoms with Crippen molar-refractivity contribution in [1.29, 1.82) is 0 Å². The van der Waals surface area contributed by atoms with Gasteiger partial charge in [0.2, 0.25) is 23.6 Å². The topological polar surface area (TPSA) is 222 Å². The molecule has 1 aromatic carbocycles. The quantitative estimate of drug-likeness (QED) is 0.126. The molecule has 1 aromatic heterocycles. The highest BCUT2D eigenvalue weighted by Crippen LogP contribution is 2.19. The number of unbranched alkanes of at least 4 members (excludes halogenated alkanes) is 1. The first-order valence-corrected chi connectivity index (χ1v) is 13.8. The average Bonchev–Trinajstić information content (AvgIpc) is 3.33. The largest absolute Gasteiger partial charge is 0.480 e. The van der Waals surface area contributed by atoms with Crippen molar-refractivity contribution in [2.24, 2.45) is 17.4 Å². The zero-order chi connectivity index (χ0) is 30.7. The number of hydrogen-bond donors (Lipinski definition) is 8. The van der Waals surface area contributed by atoms with Gasteiger partial charge in [-0.25, -0.2) is 0 Å². The lowest BCUT2D eigenvalue weighted by Crippen LogP contribution is -2.58. The van der Waals surface area contributed by atoms with Crippen LogP contribution in [0.5, 0.6) is 0 Å². The molecule has 0 spiro atoms. The molecule has 0 radical (unpaired) electrons. The number of carboxylic acid groups (broad SMARTS) is 1. The van der Waals surface area contributed by atoms with Crippen molar-refractivity contribution in [2.75, 3.05) is 6.54 Å². The summed E-state index contributed by atoms with van der Waals surface area (Å²) in [5.41, 5.74) is 13.2. The Morgan fingerprint density at radius 2 is 1.44 bits per heavy atom. The Morgan fingerprint density at radius 3 is 2.07 bits per heavy atom. The van der Waals surface area contributed by atoms with Gasteiger partial charge in [-0.2, -0.15) is 0 Å². The van der Waals surface area contributed by atoms with Gasteiger partial charge >= 0.3 is 5.97 Å². The van der Waals surface area contributed by atoms with Crippen LogP contribution in [0, 0.1) is 5.92 Å². The van der Waals surface area contributed by atoms with Gasteiger partial charge in [-0.05, 0) is 57.2 Å². The second-order valence-electron chi connectivity index (χ2n) is 10.5. The maximum absolute atomic E-state index is 13.5. The fourth-order valence-electron chi connectivity index (χ4n) is 4.11. The van der Waals surface area contributed by atoms with Crippen molar-refractivity contribution >= 4 is 40.5 Å². The highest BCUT2D eigenvalue weighted by molar-refractivity contribution is 5.96. The maximum Gasteiger partial charge on any atom is 0.325 e. The molecule has 5 atom stereocenters. The SMILES string of the molecule is CC(C)[C@H](N)C(=O)N[C@@H](CCCCN)C(=O)N[C@@H](Cc1c[nH]c2ccccc12)C(=O)N[C@@H](C)C(=O)N[C@@H](C)C(=O)O. The second kappa shape index (κ2) is 15.7. The number of aromatic nitrogens is 1. The Labute approximate surface area is 239 Å². The highest BCUT2D eigenvalue weighted by atomic mass is 16.4. The molecule has 10 N–H and O–H groups in total. The number of benzene rings is 1. The van der Waals surface area contributed by atoms with Crippen LogP contribution in [0.15, 0.2) is 30.5 Å². The molecule has 2 rings (SSSR count). The van der Waals surface area contributed by atoms with Crippen LogP contribution < -0.4 is 32.7 Å². The summed E-state index contributed by atoms with van der Waals surface area (Å²) in [5, 5.41) is 20.3. The number of H-pyrrole nitrogens is 1.